The van der Waals surface area contributed by atoms with Crippen molar-refractivity contribution in [2.45, 2.75) is 50.8 Å². The number of rotatable bonds is 7. The summed E-state index contributed by atoms with van der Waals surface area (Å²) in [5, 5.41) is 1.94. The van der Waals surface area contributed by atoms with Crippen molar-refractivity contribution in [3.63, 3.8) is 0 Å². The summed E-state index contributed by atoms with van der Waals surface area (Å²) in [6, 6.07) is -0.126. The first kappa shape index (κ1) is 19.1. The van der Waals surface area contributed by atoms with E-state index in [1.54, 1.807) is 11.1 Å². The Morgan fingerprint density at radius 3 is 2.18 bits per heavy atom. The lowest BCUT2D eigenvalue weighted by atomic mass is 9.95. The second-order valence-corrected chi connectivity index (χ2v) is 8.78. The quantitative estimate of drug-likeness (QED) is 0.630. The Balaban J connectivity index is 2.60. The smallest absolute Gasteiger partial charge is 0.349 e. The fourth-order valence-corrected chi connectivity index (χ4v) is 5.29. The highest BCUT2D eigenvalue weighted by Gasteiger charge is 2.34. The number of nitrogens with one attached hydrogen (secondary N) is 2. The average molecular weight is 354 g/mol. The van der Waals surface area contributed by atoms with Crippen LogP contribution in [0.25, 0.3) is 0 Å². The lowest BCUT2D eigenvalue weighted by Crippen LogP contribution is -2.44. The summed E-state index contributed by atoms with van der Waals surface area (Å²) >= 11 is 0. The molecule has 1 aliphatic rings. The molecular formula is C12H22N2O6S2. The number of sulfonamides is 1. The zero-order valence-electron chi connectivity index (χ0n) is 12.7. The monoisotopic (exact) mass is 354 g/mol. The van der Waals surface area contributed by atoms with Crippen LogP contribution >= 0.6 is 0 Å². The van der Waals surface area contributed by atoms with Crippen molar-refractivity contribution in [3.05, 3.63) is 12.2 Å². The fraction of sp³-hybridized carbons (Fsp3) is 0.750. The van der Waals surface area contributed by atoms with E-state index in [0.717, 1.165) is 0 Å². The molecule has 128 valence electrons. The van der Waals surface area contributed by atoms with Gasteiger partial charge in [0.15, 0.2) is 0 Å². The van der Waals surface area contributed by atoms with Crippen molar-refractivity contribution in [1.29, 1.82) is 0 Å². The third-order valence-electron chi connectivity index (χ3n) is 3.33. The molecule has 0 bridgehead atoms. The molecular weight excluding hydrogens is 332 g/mol. The molecule has 0 atom stereocenters. The molecule has 22 heavy (non-hydrogen) atoms. The predicted molar refractivity (Wildman–Crippen MR) is 81.6 cm³/mol. The summed E-state index contributed by atoms with van der Waals surface area (Å²) in [7, 11) is -8.33. The molecule has 0 unspecified atom stereocenters. The minimum absolute atomic E-state index is 0.126. The minimum atomic E-state index is -4.30. The van der Waals surface area contributed by atoms with Gasteiger partial charge in [0.05, 0.1) is 11.9 Å². The number of hydrogen-bond acceptors (Lipinski definition) is 6. The number of carbonyl (C=O) groups excluding carboxylic acids is 1. The van der Waals surface area contributed by atoms with Crippen LogP contribution in [0.3, 0.4) is 0 Å². The Kier molecular flexibility index (Phi) is 6.53. The van der Waals surface area contributed by atoms with E-state index in [9.17, 15) is 21.6 Å². The van der Waals surface area contributed by atoms with Crippen LogP contribution in [0.1, 0.15) is 39.5 Å². The Morgan fingerprint density at radius 1 is 1.18 bits per heavy atom. The summed E-state index contributed by atoms with van der Waals surface area (Å²) in [4.78, 5) is 11.5. The lowest BCUT2D eigenvalue weighted by Gasteiger charge is -2.28. The standard InChI is InChI=1S/C12H22N2O6S2/c1-4-20-22(18,19)14-21(16,17)11-7-5-10(6-8-11)13-12(15)9(2)3/h10-11,14H,2,4-8H2,1,3H3,(H,13,15). The van der Waals surface area contributed by atoms with E-state index in [4.69, 9.17) is 0 Å². The third-order valence-corrected chi connectivity index (χ3v) is 6.97. The van der Waals surface area contributed by atoms with Crippen LogP contribution in [-0.2, 0) is 29.3 Å². The van der Waals surface area contributed by atoms with Crippen LogP contribution in [-0.4, -0.2) is 40.6 Å². The second kappa shape index (κ2) is 7.53. The van der Waals surface area contributed by atoms with Crippen LogP contribution in [0.2, 0.25) is 0 Å². The Morgan fingerprint density at radius 2 is 1.73 bits per heavy atom. The lowest BCUT2D eigenvalue weighted by molar-refractivity contribution is -0.118. The maximum Gasteiger partial charge on any atom is 0.349 e. The molecule has 0 aromatic heterocycles. The maximum absolute atomic E-state index is 12.0. The van der Waals surface area contributed by atoms with Gasteiger partial charge in [-0.25, -0.2) is 8.42 Å². The minimum Gasteiger partial charge on any atom is -0.350 e. The van der Waals surface area contributed by atoms with Gasteiger partial charge in [0, 0.05) is 11.6 Å². The Bertz CT molecular complexity index is 618. The zero-order chi connectivity index (χ0) is 17.0. The summed E-state index contributed by atoms with van der Waals surface area (Å²) in [6.07, 6.45) is 1.44. The molecule has 0 heterocycles. The second-order valence-electron chi connectivity index (χ2n) is 5.22. The van der Waals surface area contributed by atoms with E-state index >= 15 is 0 Å². The molecule has 1 amide bonds. The van der Waals surface area contributed by atoms with E-state index in [-0.39, 0.29) is 31.4 Å². The van der Waals surface area contributed by atoms with Crippen molar-refractivity contribution >= 4 is 26.2 Å². The zero-order valence-corrected chi connectivity index (χ0v) is 14.3. The molecule has 0 radical (unpaired) electrons. The van der Waals surface area contributed by atoms with Crippen LogP contribution in [0.15, 0.2) is 12.2 Å². The number of carbonyl (C=O) groups is 1. The highest BCUT2D eigenvalue weighted by atomic mass is 32.3. The number of hydrogen-bond donors (Lipinski definition) is 2. The molecule has 2 N–H and O–H groups in total. The van der Waals surface area contributed by atoms with Crippen LogP contribution in [0.4, 0.5) is 0 Å². The molecule has 0 aromatic rings. The van der Waals surface area contributed by atoms with Crippen molar-refractivity contribution in [2.24, 2.45) is 0 Å². The fourth-order valence-electron chi connectivity index (χ4n) is 2.22. The molecule has 0 aromatic carbocycles. The van der Waals surface area contributed by atoms with Gasteiger partial charge in [-0.15, -0.1) is 0 Å². The molecule has 0 saturated heterocycles. The van der Waals surface area contributed by atoms with Gasteiger partial charge in [-0.2, -0.15) is 8.42 Å². The average Bonchev–Trinajstić information content (AvgIpc) is 2.37. The molecule has 10 heteroatoms. The highest BCUT2D eigenvalue weighted by molar-refractivity contribution is 8.03. The van der Waals surface area contributed by atoms with E-state index in [1.165, 1.54) is 6.92 Å². The van der Waals surface area contributed by atoms with Crippen molar-refractivity contribution in [1.82, 2.24) is 9.44 Å². The van der Waals surface area contributed by atoms with Gasteiger partial charge in [0.2, 0.25) is 15.9 Å². The predicted octanol–water partition coefficient (Wildman–Crippen LogP) is 0.191. The first-order valence-corrected chi connectivity index (χ1v) is 9.91. The molecule has 1 rings (SSSR count). The van der Waals surface area contributed by atoms with E-state index < -0.39 is 25.6 Å². The first-order valence-electron chi connectivity index (χ1n) is 6.95. The highest BCUT2D eigenvalue weighted by Crippen LogP contribution is 2.24. The van der Waals surface area contributed by atoms with Gasteiger partial charge < -0.3 is 5.32 Å². The largest absolute Gasteiger partial charge is 0.350 e. The van der Waals surface area contributed by atoms with Gasteiger partial charge >= 0.3 is 10.3 Å². The molecule has 0 aliphatic heterocycles. The van der Waals surface area contributed by atoms with Gasteiger partial charge in [0.25, 0.3) is 0 Å². The van der Waals surface area contributed by atoms with Crippen molar-refractivity contribution in [2.75, 3.05) is 6.61 Å². The van der Waals surface area contributed by atoms with Crippen LogP contribution in [0.5, 0.6) is 0 Å². The Hall–Kier alpha value is -0.970. The van der Waals surface area contributed by atoms with E-state index in [1.807, 2.05) is 0 Å². The van der Waals surface area contributed by atoms with E-state index in [2.05, 4.69) is 16.1 Å². The topological polar surface area (TPSA) is 119 Å². The summed E-state index contributed by atoms with van der Waals surface area (Å²) < 4.78 is 52.8. The van der Waals surface area contributed by atoms with Crippen LogP contribution < -0.4 is 9.44 Å². The molecule has 0 spiro atoms. The summed E-state index contributed by atoms with van der Waals surface area (Å²) in [5.41, 5.74) is 0.388. The molecule has 1 aliphatic carbocycles. The molecule has 1 saturated carbocycles. The molecule has 8 nitrogen and oxygen atoms in total. The van der Waals surface area contributed by atoms with E-state index in [0.29, 0.717) is 18.4 Å². The summed E-state index contributed by atoms with van der Waals surface area (Å²) in [5.74, 6) is -0.261. The normalized spacial score (nSPS) is 23.0. The first-order chi connectivity index (χ1) is 10.1. The van der Waals surface area contributed by atoms with Gasteiger partial charge in [-0.3, -0.25) is 8.98 Å². The van der Waals surface area contributed by atoms with Gasteiger partial charge in [-0.05, 0) is 39.5 Å². The third kappa shape index (κ3) is 5.67. The van der Waals surface area contributed by atoms with Crippen molar-refractivity contribution < 1.29 is 25.8 Å². The summed E-state index contributed by atoms with van der Waals surface area (Å²) in [6.45, 7) is 6.42. The Labute approximate surface area is 131 Å². The van der Waals surface area contributed by atoms with Gasteiger partial charge in [0.1, 0.15) is 0 Å². The maximum atomic E-state index is 12.0. The SMILES string of the molecule is C=C(C)C(=O)NC1CCC(S(=O)(=O)NS(=O)(=O)OCC)CC1. The number of amides is 1. The molecule has 1 fully saturated rings. The van der Waals surface area contributed by atoms with Gasteiger partial charge in [-0.1, -0.05) is 10.7 Å². The van der Waals surface area contributed by atoms with Crippen LogP contribution in [0, 0.1) is 0 Å². The van der Waals surface area contributed by atoms with Crippen molar-refractivity contribution in [3.8, 4) is 0 Å².